The van der Waals surface area contributed by atoms with Gasteiger partial charge in [0.25, 0.3) is 0 Å². The Kier molecular flexibility index (Phi) is 6.74. The van der Waals surface area contributed by atoms with Crippen LogP contribution in [-0.4, -0.2) is 89.3 Å². The Morgan fingerprint density at radius 1 is 1.20 bits per heavy atom. The van der Waals surface area contributed by atoms with Gasteiger partial charge in [-0.2, -0.15) is 0 Å². The minimum atomic E-state index is -0.988. The number of aliphatic hydroxyl groups is 1. The lowest BCUT2D eigenvalue weighted by atomic mass is 10.2. The molecule has 7 nitrogen and oxygen atoms in total. The number of urea groups is 1. The Balaban J connectivity index is 2.54. The molecule has 7 heteroatoms. The number of amides is 2. The maximum Gasteiger partial charge on any atom is 0.323 e. The molecule has 2 amide bonds. The fourth-order valence-electron chi connectivity index (χ4n) is 2.32. The zero-order valence-electron chi connectivity index (χ0n) is 12.3. The molecule has 1 aliphatic rings. The first-order chi connectivity index (χ1) is 9.43. The van der Waals surface area contributed by atoms with Crippen LogP contribution in [-0.2, 0) is 4.79 Å². The Bertz CT molecular complexity index is 328. The standard InChI is InChI=1S/C13H25N3O4/c1-11(2)9-16(10-12(18)19)13(20)15-5-3-14(4-6-15)7-8-17/h11,17H,3-10H2,1-2H3,(H,18,19). The summed E-state index contributed by atoms with van der Waals surface area (Å²) < 4.78 is 0. The average Bonchev–Trinajstić information content (AvgIpc) is 2.37. The number of nitrogens with zero attached hydrogens (tertiary/aromatic N) is 3. The Labute approximate surface area is 119 Å². The van der Waals surface area contributed by atoms with E-state index in [1.54, 1.807) is 4.90 Å². The highest BCUT2D eigenvalue weighted by atomic mass is 16.4. The topological polar surface area (TPSA) is 84.3 Å². The molecule has 1 aliphatic heterocycles. The monoisotopic (exact) mass is 287 g/mol. The van der Waals surface area contributed by atoms with Crippen molar-refractivity contribution in [3.8, 4) is 0 Å². The zero-order valence-corrected chi connectivity index (χ0v) is 12.3. The highest BCUT2D eigenvalue weighted by Gasteiger charge is 2.26. The minimum Gasteiger partial charge on any atom is -0.480 e. The number of aliphatic carboxylic acids is 1. The lowest BCUT2D eigenvalue weighted by Crippen LogP contribution is -2.54. The molecule has 2 N–H and O–H groups in total. The van der Waals surface area contributed by atoms with Gasteiger partial charge in [-0.05, 0) is 5.92 Å². The summed E-state index contributed by atoms with van der Waals surface area (Å²) in [4.78, 5) is 28.4. The number of piperazine rings is 1. The number of rotatable bonds is 6. The van der Waals surface area contributed by atoms with Gasteiger partial charge in [-0.15, -0.1) is 0 Å². The fraction of sp³-hybridized carbons (Fsp3) is 0.846. The number of carbonyl (C=O) groups is 2. The summed E-state index contributed by atoms with van der Waals surface area (Å²) in [5.74, 6) is -0.758. The highest BCUT2D eigenvalue weighted by molar-refractivity contribution is 5.80. The smallest absolute Gasteiger partial charge is 0.323 e. The molecule has 0 aromatic rings. The van der Waals surface area contributed by atoms with Crippen LogP contribution in [0.25, 0.3) is 0 Å². The molecule has 1 heterocycles. The van der Waals surface area contributed by atoms with Crippen LogP contribution in [0.2, 0.25) is 0 Å². The molecule has 0 atom stereocenters. The molecule has 1 fully saturated rings. The van der Waals surface area contributed by atoms with Crippen LogP contribution in [0.5, 0.6) is 0 Å². The summed E-state index contributed by atoms with van der Waals surface area (Å²) in [6.07, 6.45) is 0. The van der Waals surface area contributed by atoms with Crippen molar-refractivity contribution in [1.29, 1.82) is 0 Å². The van der Waals surface area contributed by atoms with Crippen LogP contribution in [0.3, 0.4) is 0 Å². The van der Waals surface area contributed by atoms with Crippen molar-refractivity contribution in [2.45, 2.75) is 13.8 Å². The highest BCUT2D eigenvalue weighted by Crippen LogP contribution is 2.08. The SMILES string of the molecule is CC(C)CN(CC(=O)O)C(=O)N1CCN(CCO)CC1. The van der Waals surface area contributed by atoms with Crippen molar-refractivity contribution < 1.29 is 19.8 Å². The Hall–Kier alpha value is -1.34. The molecule has 0 aliphatic carbocycles. The summed E-state index contributed by atoms with van der Waals surface area (Å²) in [6, 6.07) is -0.204. The van der Waals surface area contributed by atoms with Gasteiger partial charge in [0.15, 0.2) is 0 Å². The van der Waals surface area contributed by atoms with E-state index >= 15 is 0 Å². The molecule has 0 saturated carbocycles. The Morgan fingerprint density at radius 2 is 1.80 bits per heavy atom. The predicted octanol–water partition coefficient (Wildman–Crippen LogP) is -0.241. The number of carbonyl (C=O) groups excluding carboxylic acids is 1. The van der Waals surface area contributed by atoms with E-state index in [4.69, 9.17) is 10.2 Å². The molecule has 0 unspecified atom stereocenters. The van der Waals surface area contributed by atoms with Gasteiger partial charge in [0.1, 0.15) is 6.54 Å². The molecule has 0 spiro atoms. The quantitative estimate of drug-likeness (QED) is 0.704. The van der Waals surface area contributed by atoms with Gasteiger partial charge in [-0.25, -0.2) is 4.79 Å². The third-order valence-electron chi connectivity index (χ3n) is 3.24. The molecule has 20 heavy (non-hydrogen) atoms. The fourth-order valence-corrected chi connectivity index (χ4v) is 2.32. The first-order valence-electron chi connectivity index (χ1n) is 7.03. The molecular weight excluding hydrogens is 262 g/mol. The molecule has 1 rings (SSSR count). The number of hydrogen-bond donors (Lipinski definition) is 2. The molecule has 0 radical (unpaired) electrons. The van der Waals surface area contributed by atoms with Crippen molar-refractivity contribution >= 4 is 12.0 Å². The third-order valence-corrected chi connectivity index (χ3v) is 3.24. The molecule has 0 bridgehead atoms. The van der Waals surface area contributed by atoms with Gasteiger partial charge in [0.2, 0.25) is 0 Å². The number of β-amino-alcohol motifs (C(OH)–C–C–N with tert-alkyl or cyclic N) is 1. The summed E-state index contributed by atoms with van der Waals surface area (Å²) in [6.45, 7) is 7.43. The summed E-state index contributed by atoms with van der Waals surface area (Å²) in [5.41, 5.74) is 0. The predicted molar refractivity (Wildman–Crippen MR) is 74.5 cm³/mol. The summed E-state index contributed by atoms with van der Waals surface area (Å²) >= 11 is 0. The van der Waals surface area contributed by atoms with E-state index in [9.17, 15) is 9.59 Å². The minimum absolute atomic E-state index is 0.117. The second-order valence-corrected chi connectivity index (χ2v) is 5.50. The largest absolute Gasteiger partial charge is 0.480 e. The number of carboxylic acids is 1. The maximum absolute atomic E-state index is 12.4. The van der Waals surface area contributed by atoms with Gasteiger partial charge >= 0.3 is 12.0 Å². The third kappa shape index (κ3) is 5.34. The van der Waals surface area contributed by atoms with Gasteiger partial charge in [-0.1, -0.05) is 13.8 Å². The van der Waals surface area contributed by atoms with Crippen LogP contribution in [0, 0.1) is 5.92 Å². The van der Waals surface area contributed by atoms with E-state index in [1.807, 2.05) is 13.8 Å². The normalized spacial score (nSPS) is 16.5. The lowest BCUT2D eigenvalue weighted by molar-refractivity contribution is -0.137. The molecule has 1 saturated heterocycles. The molecular formula is C13H25N3O4. The second kappa shape index (κ2) is 8.06. The van der Waals surface area contributed by atoms with Crippen LogP contribution < -0.4 is 0 Å². The molecule has 0 aromatic heterocycles. The van der Waals surface area contributed by atoms with Crippen molar-refractivity contribution in [1.82, 2.24) is 14.7 Å². The van der Waals surface area contributed by atoms with Gasteiger partial charge in [-0.3, -0.25) is 9.69 Å². The van der Waals surface area contributed by atoms with Crippen LogP contribution in [0.1, 0.15) is 13.8 Å². The van der Waals surface area contributed by atoms with E-state index < -0.39 is 5.97 Å². The Morgan fingerprint density at radius 3 is 2.25 bits per heavy atom. The first kappa shape index (κ1) is 16.7. The van der Waals surface area contributed by atoms with Crippen molar-refractivity contribution in [3.05, 3.63) is 0 Å². The summed E-state index contributed by atoms with van der Waals surface area (Å²) in [7, 11) is 0. The van der Waals surface area contributed by atoms with Gasteiger partial charge in [0, 0.05) is 39.3 Å². The van der Waals surface area contributed by atoms with Crippen molar-refractivity contribution in [2.75, 3.05) is 52.4 Å². The van der Waals surface area contributed by atoms with Crippen LogP contribution in [0.15, 0.2) is 0 Å². The number of hydrogen-bond acceptors (Lipinski definition) is 4. The lowest BCUT2D eigenvalue weighted by Gasteiger charge is -2.37. The van der Waals surface area contributed by atoms with E-state index in [-0.39, 0.29) is 25.1 Å². The van der Waals surface area contributed by atoms with E-state index in [2.05, 4.69) is 4.90 Å². The average molecular weight is 287 g/mol. The first-order valence-corrected chi connectivity index (χ1v) is 7.03. The number of aliphatic hydroxyl groups excluding tert-OH is 1. The van der Waals surface area contributed by atoms with E-state index in [0.29, 0.717) is 26.2 Å². The molecule has 0 aromatic carbocycles. The maximum atomic E-state index is 12.4. The zero-order chi connectivity index (χ0) is 15.1. The second-order valence-electron chi connectivity index (χ2n) is 5.50. The number of carboxylic acid groups (broad SMARTS) is 1. The van der Waals surface area contributed by atoms with Crippen molar-refractivity contribution in [3.63, 3.8) is 0 Å². The summed E-state index contributed by atoms with van der Waals surface area (Å²) in [5, 5.41) is 17.8. The van der Waals surface area contributed by atoms with E-state index in [0.717, 1.165) is 13.1 Å². The van der Waals surface area contributed by atoms with Crippen molar-refractivity contribution in [2.24, 2.45) is 5.92 Å². The van der Waals surface area contributed by atoms with Crippen LogP contribution in [0.4, 0.5) is 4.79 Å². The van der Waals surface area contributed by atoms with E-state index in [1.165, 1.54) is 4.90 Å². The van der Waals surface area contributed by atoms with Gasteiger partial charge in [0.05, 0.1) is 6.61 Å². The molecule has 116 valence electrons. The van der Waals surface area contributed by atoms with Crippen LogP contribution >= 0.6 is 0 Å². The van der Waals surface area contributed by atoms with Gasteiger partial charge < -0.3 is 20.0 Å².